The molecule has 1 aliphatic rings. The van der Waals surface area contributed by atoms with Crippen molar-refractivity contribution in [1.82, 2.24) is 5.16 Å². The number of nitrogens with two attached hydrogens (primary N) is 1. The van der Waals surface area contributed by atoms with Gasteiger partial charge in [-0.2, -0.15) is 0 Å². The maximum Gasteiger partial charge on any atom is 0.222 e. The molecule has 1 aromatic heterocycles. The normalized spacial score (nSPS) is 15.1. The largest absolute Gasteiger partial charge is 0.368 e. The Kier molecular flexibility index (Phi) is 2.88. The lowest BCUT2D eigenvalue weighted by Crippen LogP contribution is -1.82. The van der Waals surface area contributed by atoms with Gasteiger partial charge >= 0.3 is 0 Å². The molecule has 0 radical (unpaired) electrons. The van der Waals surface area contributed by atoms with E-state index in [9.17, 15) is 0 Å². The molecule has 88 valence electrons. The molecule has 1 heterocycles. The smallest absolute Gasteiger partial charge is 0.222 e. The zero-order valence-electron chi connectivity index (χ0n) is 9.02. The van der Waals surface area contributed by atoms with Crippen molar-refractivity contribution in [3.8, 4) is 11.3 Å². The Morgan fingerprint density at radius 3 is 2.76 bits per heavy atom. The lowest BCUT2D eigenvalue weighted by molar-refractivity contribution is 0.439. The number of rotatable bonds is 3. The second-order valence-corrected chi connectivity index (χ2v) is 6.27. The molecule has 0 atom stereocenters. The van der Waals surface area contributed by atoms with Gasteiger partial charge in [-0.05, 0) is 40.9 Å². The number of hydrogen-bond acceptors (Lipinski definition) is 4. The Hall–Kier alpha value is -0.940. The summed E-state index contributed by atoms with van der Waals surface area (Å²) in [6, 6.07) is 7.96. The molecule has 0 saturated heterocycles. The zero-order valence-corrected chi connectivity index (χ0v) is 11.4. The molecule has 3 rings (SSSR count). The Balaban J connectivity index is 1.89. The molecule has 5 heteroatoms. The van der Waals surface area contributed by atoms with E-state index in [1.54, 1.807) is 6.07 Å². The average molecular weight is 311 g/mol. The first kappa shape index (κ1) is 11.2. The molecular formula is C12H11BrN2OS. The summed E-state index contributed by atoms with van der Waals surface area (Å²) in [4.78, 5) is 1.28. The van der Waals surface area contributed by atoms with Gasteiger partial charge in [0.25, 0.3) is 0 Å². The summed E-state index contributed by atoms with van der Waals surface area (Å²) in [6.45, 7) is 0. The molecule has 0 aliphatic heterocycles. The van der Waals surface area contributed by atoms with Crippen molar-refractivity contribution >= 4 is 33.6 Å². The van der Waals surface area contributed by atoms with Crippen molar-refractivity contribution < 1.29 is 4.52 Å². The fraction of sp³-hybridized carbons (Fsp3) is 0.250. The highest BCUT2D eigenvalue weighted by Crippen LogP contribution is 2.42. The lowest BCUT2D eigenvalue weighted by atomic mass is 10.1. The van der Waals surface area contributed by atoms with E-state index in [1.807, 2.05) is 17.8 Å². The molecular weight excluding hydrogens is 300 g/mol. The summed E-state index contributed by atoms with van der Waals surface area (Å²) < 4.78 is 5.98. The van der Waals surface area contributed by atoms with Crippen LogP contribution in [-0.2, 0) is 0 Å². The first-order valence-electron chi connectivity index (χ1n) is 5.41. The Morgan fingerprint density at radius 2 is 2.18 bits per heavy atom. The molecule has 17 heavy (non-hydrogen) atoms. The summed E-state index contributed by atoms with van der Waals surface area (Å²) in [7, 11) is 0. The highest BCUT2D eigenvalue weighted by molar-refractivity contribution is 9.10. The quantitative estimate of drug-likeness (QED) is 0.933. The van der Waals surface area contributed by atoms with E-state index in [4.69, 9.17) is 10.3 Å². The molecule has 3 nitrogen and oxygen atoms in total. The number of aromatic nitrogens is 1. The van der Waals surface area contributed by atoms with Gasteiger partial charge in [-0.25, -0.2) is 0 Å². The van der Waals surface area contributed by atoms with Gasteiger partial charge in [0.2, 0.25) is 5.88 Å². The minimum atomic E-state index is 0.340. The third-order valence-corrected chi connectivity index (χ3v) is 4.91. The molecule has 2 N–H and O–H groups in total. The van der Waals surface area contributed by atoms with Crippen molar-refractivity contribution in [3.63, 3.8) is 0 Å². The molecule has 1 aromatic carbocycles. The summed E-state index contributed by atoms with van der Waals surface area (Å²) >= 11 is 5.53. The third kappa shape index (κ3) is 2.50. The number of hydrogen-bond donors (Lipinski definition) is 1. The number of nitrogens with zero attached hydrogens (tertiary/aromatic N) is 1. The van der Waals surface area contributed by atoms with E-state index in [1.165, 1.54) is 17.7 Å². The minimum Gasteiger partial charge on any atom is -0.368 e. The summed E-state index contributed by atoms with van der Waals surface area (Å²) in [5.41, 5.74) is 7.29. The monoisotopic (exact) mass is 310 g/mol. The number of thioether (sulfide) groups is 1. The number of halogens is 1. The third-order valence-electron chi connectivity index (χ3n) is 2.57. The topological polar surface area (TPSA) is 52.0 Å². The Morgan fingerprint density at radius 1 is 1.35 bits per heavy atom. The molecule has 1 saturated carbocycles. The van der Waals surface area contributed by atoms with E-state index in [-0.39, 0.29) is 0 Å². The molecule has 0 unspecified atom stereocenters. The summed E-state index contributed by atoms with van der Waals surface area (Å²) in [5.74, 6) is 0.340. The van der Waals surface area contributed by atoms with E-state index >= 15 is 0 Å². The van der Waals surface area contributed by atoms with Gasteiger partial charge < -0.3 is 10.3 Å². The summed E-state index contributed by atoms with van der Waals surface area (Å²) in [6.07, 6.45) is 2.66. The van der Waals surface area contributed by atoms with Gasteiger partial charge in [0, 0.05) is 26.2 Å². The van der Waals surface area contributed by atoms with Crippen LogP contribution in [0.3, 0.4) is 0 Å². The number of benzene rings is 1. The van der Waals surface area contributed by atoms with E-state index in [0.717, 1.165) is 21.0 Å². The van der Waals surface area contributed by atoms with E-state index < -0.39 is 0 Å². The highest BCUT2D eigenvalue weighted by Gasteiger charge is 2.23. The second kappa shape index (κ2) is 4.38. The van der Waals surface area contributed by atoms with Crippen LogP contribution in [0.25, 0.3) is 11.3 Å². The van der Waals surface area contributed by atoms with Crippen molar-refractivity contribution in [3.05, 3.63) is 28.7 Å². The molecule has 1 fully saturated rings. The van der Waals surface area contributed by atoms with Crippen molar-refractivity contribution in [2.75, 3.05) is 5.73 Å². The van der Waals surface area contributed by atoms with Gasteiger partial charge in [0.1, 0.15) is 5.69 Å². The van der Waals surface area contributed by atoms with Gasteiger partial charge in [0.15, 0.2) is 0 Å². The standard InChI is InChI=1S/C12H11BrN2OS/c13-9-5-7(10-6-12(14)16-15-10)1-4-11(9)17-8-2-3-8/h1,4-6,8H,2-3,14H2. The van der Waals surface area contributed by atoms with Gasteiger partial charge in [-0.3, -0.25) is 0 Å². The van der Waals surface area contributed by atoms with Crippen LogP contribution in [0.5, 0.6) is 0 Å². The molecule has 2 aromatic rings. The van der Waals surface area contributed by atoms with E-state index in [0.29, 0.717) is 5.88 Å². The van der Waals surface area contributed by atoms with Crippen molar-refractivity contribution in [1.29, 1.82) is 0 Å². The van der Waals surface area contributed by atoms with Gasteiger partial charge in [-0.15, -0.1) is 11.8 Å². The van der Waals surface area contributed by atoms with Crippen LogP contribution in [0.1, 0.15) is 12.8 Å². The predicted octanol–water partition coefficient (Wildman–Crippen LogP) is 3.94. The molecule has 1 aliphatic carbocycles. The maximum absolute atomic E-state index is 5.51. The fourth-order valence-corrected chi connectivity index (χ4v) is 3.25. The van der Waals surface area contributed by atoms with Crippen LogP contribution in [-0.4, -0.2) is 10.4 Å². The number of nitrogen functional groups attached to an aromatic ring is 1. The summed E-state index contributed by atoms with van der Waals surface area (Å²) in [5, 5.41) is 4.71. The van der Waals surface area contributed by atoms with Crippen LogP contribution < -0.4 is 5.73 Å². The second-order valence-electron chi connectivity index (χ2n) is 4.08. The average Bonchev–Trinajstić information content (AvgIpc) is 3.02. The maximum atomic E-state index is 5.51. The first-order valence-corrected chi connectivity index (χ1v) is 7.08. The molecule has 0 amide bonds. The Labute approximate surface area is 112 Å². The molecule has 0 spiro atoms. The Bertz CT molecular complexity index is 551. The van der Waals surface area contributed by atoms with Gasteiger partial charge in [0.05, 0.1) is 0 Å². The van der Waals surface area contributed by atoms with Crippen molar-refractivity contribution in [2.45, 2.75) is 23.0 Å². The SMILES string of the molecule is Nc1cc(-c2ccc(SC3CC3)c(Br)c2)no1. The molecule has 0 bridgehead atoms. The minimum absolute atomic E-state index is 0.340. The van der Waals surface area contributed by atoms with Crippen molar-refractivity contribution in [2.24, 2.45) is 0 Å². The van der Waals surface area contributed by atoms with Crippen LogP contribution >= 0.6 is 27.7 Å². The van der Waals surface area contributed by atoms with Crippen LogP contribution in [0, 0.1) is 0 Å². The van der Waals surface area contributed by atoms with E-state index in [2.05, 4.69) is 33.2 Å². The van der Waals surface area contributed by atoms with Crippen LogP contribution in [0.15, 0.2) is 38.2 Å². The van der Waals surface area contributed by atoms with Gasteiger partial charge in [-0.1, -0.05) is 11.2 Å². The van der Waals surface area contributed by atoms with Crippen LogP contribution in [0.2, 0.25) is 0 Å². The fourth-order valence-electron chi connectivity index (χ4n) is 1.55. The number of anilines is 1. The van der Waals surface area contributed by atoms with Crippen LogP contribution in [0.4, 0.5) is 5.88 Å². The lowest BCUT2D eigenvalue weighted by Gasteiger charge is -2.04. The zero-order chi connectivity index (χ0) is 11.8. The predicted molar refractivity (Wildman–Crippen MR) is 72.9 cm³/mol. The first-order chi connectivity index (χ1) is 8.22. The highest BCUT2D eigenvalue weighted by atomic mass is 79.9.